The topological polar surface area (TPSA) is 129 Å². The smallest absolute Gasteiger partial charge is 0.337 e. The van der Waals surface area contributed by atoms with Gasteiger partial charge in [0.15, 0.2) is 0 Å². The summed E-state index contributed by atoms with van der Waals surface area (Å²) in [5, 5.41) is 9.11. The number of aryl methyl sites for hydroxylation is 2. The van der Waals surface area contributed by atoms with E-state index < -0.39 is 23.5 Å². The van der Waals surface area contributed by atoms with Crippen LogP contribution in [0.3, 0.4) is 0 Å². The van der Waals surface area contributed by atoms with Crippen LogP contribution in [0.25, 0.3) is 0 Å². The number of nitrogens with one attached hydrogen (secondary N) is 3. The van der Waals surface area contributed by atoms with Gasteiger partial charge in [-0.3, -0.25) is 14.5 Å². The van der Waals surface area contributed by atoms with Crippen molar-refractivity contribution in [3.05, 3.63) is 116 Å². The number of fused-ring (bicyclic) bond motifs is 1. The summed E-state index contributed by atoms with van der Waals surface area (Å²) in [7, 11) is 2.96. The Bertz CT molecular complexity index is 2130. The minimum absolute atomic E-state index is 0.0285. The number of benzene rings is 3. The van der Waals surface area contributed by atoms with Gasteiger partial charge in [-0.15, -0.1) is 11.3 Å². The summed E-state index contributed by atoms with van der Waals surface area (Å²) in [6.45, 7) is 7.89. The zero-order chi connectivity index (χ0) is 42.1. The van der Waals surface area contributed by atoms with Crippen molar-refractivity contribution in [2.75, 3.05) is 57.6 Å². The summed E-state index contributed by atoms with van der Waals surface area (Å²) in [6, 6.07) is 16.2. The van der Waals surface area contributed by atoms with Crippen LogP contribution in [0, 0.1) is 11.6 Å². The highest BCUT2D eigenvalue weighted by Crippen LogP contribution is 2.39. The van der Waals surface area contributed by atoms with Crippen LogP contribution in [0.15, 0.2) is 60.7 Å². The lowest BCUT2D eigenvalue weighted by Gasteiger charge is -2.47. The Hall–Kier alpha value is -5.18. The third kappa shape index (κ3) is 10.9. The second-order valence-corrected chi connectivity index (χ2v) is 16.8. The Morgan fingerprint density at radius 1 is 0.831 bits per heavy atom. The number of anilines is 2. The van der Waals surface area contributed by atoms with Gasteiger partial charge in [0, 0.05) is 73.7 Å². The highest BCUT2D eigenvalue weighted by Gasteiger charge is 2.35. The fourth-order valence-electron chi connectivity index (χ4n) is 7.74. The number of thiophene rings is 1. The van der Waals surface area contributed by atoms with Crippen LogP contribution in [0.4, 0.5) is 24.3 Å². The van der Waals surface area contributed by atoms with Gasteiger partial charge in [-0.25, -0.2) is 18.4 Å². The lowest BCUT2D eigenvalue weighted by Crippen LogP contribution is -2.61. The van der Waals surface area contributed by atoms with E-state index in [0.717, 1.165) is 65.8 Å². The molecule has 59 heavy (non-hydrogen) atoms. The number of urea groups is 1. The third-order valence-corrected chi connectivity index (χ3v) is 12.2. The molecule has 4 aromatic rings. The summed E-state index contributed by atoms with van der Waals surface area (Å²) in [6.07, 6.45) is 5.42. The van der Waals surface area contributed by atoms with E-state index in [9.17, 15) is 19.2 Å². The minimum Gasteiger partial charge on any atom is -0.465 e. The van der Waals surface area contributed by atoms with E-state index in [1.54, 1.807) is 37.4 Å². The number of carbonyl (C=O) groups excluding carboxylic acids is 4. The van der Waals surface area contributed by atoms with Crippen LogP contribution in [0.5, 0.6) is 0 Å². The second-order valence-electron chi connectivity index (χ2n) is 15.7. The predicted molar refractivity (Wildman–Crippen MR) is 225 cm³/mol. The number of methoxy groups -OCH3 is 2. The van der Waals surface area contributed by atoms with Crippen LogP contribution in [-0.4, -0.2) is 86.2 Å². The molecule has 4 amide bonds. The molecule has 1 fully saturated rings. The average Bonchev–Trinajstić information content (AvgIpc) is 3.59. The van der Waals surface area contributed by atoms with Gasteiger partial charge in [-0.2, -0.15) is 0 Å². The number of esters is 1. The molecule has 314 valence electrons. The first kappa shape index (κ1) is 43.4. The summed E-state index contributed by atoms with van der Waals surface area (Å²) in [5.74, 6) is -2.95. The average molecular weight is 830 g/mol. The molecule has 14 heteroatoms. The van der Waals surface area contributed by atoms with E-state index in [0.29, 0.717) is 73.9 Å². The molecule has 1 aliphatic carbocycles. The summed E-state index contributed by atoms with van der Waals surface area (Å²) < 4.78 is 40.5. The van der Waals surface area contributed by atoms with E-state index in [4.69, 9.17) is 9.47 Å². The van der Waals surface area contributed by atoms with Crippen molar-refractivity contribution in [2.24, 2.45) is 0 Å². The van der Waals surface area contributed by atoms with E-state index in [-0.39, 0.29) is 35.1 Å². The number of rotatable bonds is 15. The Labute approximate surface area is 348 Å². The number of piperazine rings is 1. The van der Waals surface area contributed by atoms with Crippen LogP contribution in [0.1, 0.15) is 97.7 Å². The van der Waals surface area contributed by atoms with Gasteiger partial charge < -0.3 is 30.3 Å². The molecule has 0 unspecified atom stereocenters. The molecular weight excluding hydrogens is 777 g/mol. The number of halogens is 2. The maximum atomic E-state index is 15.3. The van der Waals surface area contributed by atoms with E-state index in [1.807, 2.05) is 23.1 Å². The fraction of sp³-hybridized carbons (Fsp3) is 0.422. The molecule has 0 bridgehead atoms. The zero-order valence-electron chi connectivity index (χ0n) is 34.2. The SMILES string of the molecule is COCCCCNC(=O)N1CCN(Cc2cccc(C(=O)Nc3sc4c(c3C(=O)Nc3cc(F)c(CCc5ccc(C(=O)OC)cc5)c(F)c3)CCCC4)c2)C(C)(C)C1. The Morgan fingerprint density at radius 3 is 2.29 bits per heavy atom. The molecular formula is C45H53F2N5O6S. The van der Waals surface area contributed by atoms with Gasteiger partial charge in [0.1, 0.15) is 16.6 Å². The van der Waals surface area contributed by atoms with Gasteiger partial charge in [-0.05, 0) is 118 Å². The van der Waals surface area contributed by atoms with Crippen molar-refractivity contribution < 1.29 is 37.4 Å². The number of hydrogen-bond acceptors (Lipinski definition) is 8. The lowest BCUT2D eigenvalue weighted by atomic mass is 9.95. The van der Waals surface area contributed by atoms with Crippen molar-refractivity contribution in [3.8, 4) is 0 Å². The molecule has 0 atom stereocenters. The molecule has 0 radical (unpaired) electrons. The Balaban J connectivity index is 1.10. The number of unbranched alkanes of at least 4 members (excludes halogenated alkanes) is 1. The van der Waals surface area contributed by atoms with Crippen LogP contribution in [-0.2, 0) is 41.7 Å². The largest absolute Gasteiger partial charge is 0.465 e. The first-order chi connectivity index (χ1) is 28.4. The molecule has 3 aromatic carbocycles. The van der Waals surface area contributed by atoms with Crippen LogP contribution in [0.2, 0.25) is 0 Å². The first-order valence-corrected chi connectivity index (χ1v) is 21.0. The lowest BCUT2D eigenvalue weighted by molar-refractivity contribution is 0.0297. The zero-order valence-corrected chi connectivity index (χ0v) is 35.0. The fourth-order valence-corrected chi connectivity index (χ4v) is 9.02. The molecule has 0 saturated carbocycles. The van der Waals surface area contributed by atoms with Crippen molar-refractivity contribution in [1.29, 1.82) is 0 Å². The van der Waals surface area contributed by atoms with Gasteiger partial charge in [0.05, 0.1) is 18.2 Å². The van der Waals surface area contributed by atoms with E-state index in [2.05, 4.69) is 34.7 Å². The standard InChI is InChI=1S/C45H53F2N5O6S/c1-45(2)28-51(44(56)48-20-7-8-23-57-3)21-22-52(45)27-30-10-9-11-32(24-30)40(53)50-42-39(35-12-5-6-13-38(35)59-42)41(54)49-33-25-36(46)34(37(47)26-33)19-16-29-14-17-31(18-15-29)43(55)58-4/h9-11,14-15,17-18,24-26H,5-8,12-13,16,19-23,27-28H2,1-4H3,(H,48,56)(H,49,54)(H,50,53). The number of ether oxygens (including phenoxy) is 2. The van der Waals surface area contributed by atoms with Gasteiger partial charge in [0.25, 0.3) is 11.8 Å². The quantitative estimate of drug-likeness (QED) is 0.0818. The Morgan fingerprint density at radius 2 is 1.58 bits per heavy atom. The normalized spacial score (nSPS) is 15.0. The van der Waals surface area contributed by atoms with Crippen molar-refractivity contribution in [1.82, 2.24) is 15.1 Å². The molecule has 2 heterocycles. The van der Waals surface area contributed by atoms with Crippen molar-refractivity contribution >= 4 is 45.8 Å². The van der Waals surface area contributed by atoms with Gasteiger partial charge in [-0.1, -0.05) is 24.3 Å². The highest BCUT2D eigenvalue weighted by atomic mass is 32.1. The van der Waals surface area contributed by atoms with E-state index >= 15 is 8.78 Å². The van der Waals surface area contributed by atoms with Crippen LogP contribution < -0.4 is 16.0 Å². The summed E-state index contributed by atoms with van der Waals surface area (Å²) in [4.78, 5) is 57.5. The monoisotopic (exact) mass is 829 g/mol. The molecule has 11 nitrogen and oxygen atoms in total. The van der Waals surface area contributed by atoms with Crippen molar-refractivity contribution in [2.45, 2.75) is 77.3 Å². The molecule has 1 saturated heterocycles. The molecule has 1 aliphatic heterocycles. The Kier molecular flexibility index (Phi) is 14.5. The van der Waals surface area contributed by atoms with Gasteiger partial charge in [0.2, 0.25) is 0 Å². The number of carbonyl (C=O) groups is 4. The molecule has 2 aliphatic rings. The maximum Gasteiger partial charge on any atom is 0.337 e. The summed E-state index contributed by atoms with van der Waals surface area (Å²) in [5.41, 5.74) is 3.26. The van der Waals surface area contributed by atoms with Gasteiger partial charge >= 0.3 is 12.0 Å². The first-order valence-electron chi connectivity index (χ1n) is 20.1. The minimum atomic E-state index is -0.785. The number of amides is 4. The highest BCUT2D eigenvalue weighted by molar-refractivity contribution is 7.17. The summed E-state index contributed by atoms with van der Waals surface area (Å²) >= 11 is 1.37. The second kappa shape index (κ2) is 19.7. The number of nitrogens with zero attached hydrogens (tertiary/aromatic N) is 2. The third-order valence-electron chi connectivity index (χ3n) is 11.0. The molecule has 1 aromatic heterocycles. The van der Waals surface area contributed by atoms with E-state index in [1.165, 1.54) is 18.4 Å². The molecule has 6 rings (SSSR count). The number of hydrogen-bond donors (Lipinski definition) is 3. The van der Waals surface area contributed by atoms with Crippen molar-refractivity contribution in [3.63, 3.8) is 0 Å². The molecule has 3 N–H and O–H groups in total. The van der Waals surface area contributed by atoms with Crippen LogP contribution >= 0.6 is 11.3 Å². The molecule has 0 spiro atoms. The maximum absolute atomic E-state index is 15.3. The predicted octanol–water partition coefficient (Wildman–Crippen LogP) is 8.01.